The Hall–Kier alpha value is -0.0800. The maximum absolute atomic E-state index is 5.56. The molecule has 2 rings (SSSR count). The highest BCUT2D eigenvalue weighted by Gasteiger charge is 2.50. The lowest BCUT2D eigenvalue weighted by molar-refractivity contribution is -0.248. The van der Waals surface area contributed by atoms with Gasteiger partial charge in [-0.05, 0) is 12.8 Å². The molecule has 1 saturated heterocycles. The molecule has 2 heteroatoms. The van der Waals surface area contributed by atoms with Crippen LogP contribution < -0.4 is 0 Å². The van der Waals surface area contributed by atoms with Gasteiger partial charge in [0.05, 0.1) is 13.2 Å². The Morgan fingerprint density at radius 2 is 1.83 bits per heavy atom. The van der Waals surface area contributed by atoms with Crippen LogP contribution in [-0.4, -0.2) is 19.0 Å². The van der Waals surface area contributed by atoms with Gasteiger partial charge in [-0.3, -0.25) is 0 Å². The second kappa shape index (κ2) is 4.24. The molecule has 2 aliphatic rings. The fourth-order valence-electron chi connectivity index (χ4n) is 1.95. The summed E-state index contributed by atoms with van der Waals surface area (Å²) in [6, 6.07) is 0. The van der Waals surface area contributed by atoms with E-state index in [2.05, 4.69) is 6.92 Å². The molecule has 1 heterocycles. The predicted molar refractivity (Wildman–Crippen MR) is 49.0 cm³/mol. The minimum absolute atomic E-state index is 0.116. The molecular weight excluding hydrogens is 152 g/mol. The molecule has 0 radical (unpaired) electrons. The molecule has 0 bridgehead atoms. The lowest BCUT2D eigenvalue weighted by Gasteiger charge is -2.44. The van der Waals surface area contributed by atoms with Gasteiger partial charge in [0.1, 0.15) is 0 Å². The zero-order valence-corrected chi connectivity index (χ0v) is 8.43. The van der Waals surface area contributed by atoms with Gasteiger partial charge in [-0.15, -0.1) is 0 Å². The van der Waals surface area contributed by atoms with Gasteiger partial charge in [0.25, 0.3) is 0 Å². The van der Waals surface area contributed by atoms with Crippen LogP contribution in [0.2, 0.25) is 0 Å². The molecule has 2 fully saturated rings. The Bertz CT molecular complexity index is 126. The van der Waals surface area contributed by atoms with Gasteiger partial charge in [0.2, 0.25) is 0 Å². The van der Waals surface area contributed by atoms with Crippen molar-refractivity contribution in [1.82, 2.24) is 0 Å². The SMILES string of the molecule is CC.CCC1CCC12OCCO2. The summed E-state index contributed by atoms with van der Waals surface area (Å²) in [6.45, 7) is 7.81. The molecule has 12 heavy (non-hydrogen) atoms. The predicted octanol–water partition coefficient (Wildman–Crippen LogP) is 2.58. The van der Waals surface area contributed by atoms with Crippen LogP contribution in [0.15, 0.2) is 0 Å². The summed E-state index contributed by atoms with van der Waals surface area (Å²) in [5.41, 5.74) is 0. The average Bonchev–Trinajstić information content (AvgIpc) is 2.57. The minimum atomic E-state index is -0.116. The van der Waals surface area contributed by atoms with E-state index in [1.54, 1.807) is 0 Å². The van der Waals surface area contributed by atoms with E-state index < -0.39 is 0 Å². The van der Waals surface area contributed by atoms with Crippen LogP contribution >= 0.6 is 0 Å². The Kier molecular flexibility index (Phi) is 3.53. The molecular formula is C10H20O2. The van der Waals surface area contributed by atoms with E-state index in [4.69, 9.17) is 9.47 Å². The standard InChI is InChI=1S/C8H14O2.C2H6/c1-2-7-3-4-8(7)9-5-6-10-8;1-2/h7H,2-6H2,1H3;1-2H3. The van der Waals surface area contributed by atoms with Gasteiger partial charge in [-0.1, -0.05) is 20.8 Å². The maximum atomic E-state index is 5.56. The third kappa shape index (κ3) is 1.50. The second-order valence-electron chi connectivity index (χ2n) is 3.15. The van der Waals surface area contributed by atoms with Gasteiger partial charge in [-0.2, -0.15) is 0 Å². The van der Waals surface area contributed by atoms with Crippen molar-refractivity contribution in [2.75, 3.05) is 13.2 Å². The van der Waals surface area contributed by atoms with E-state index in [0.717, 1.165) is 19.6 Å². The van der Waals surface area contributed by atoms with Crippen molar-refractivity contribution in [2.45, 2.75) is 45.8 Å². The van der Waals surface area contributed by atoms with Crippen LogP contribution in [-0.2, 0) is 9.47 Å². The summed E-state index contributed by atoms with van der Waals surface area (Å²) < 4.78 is 11.1. The van der Waals surface area contributed by atoms with Crippen LogP contribution in [0, 0.1) is 5.92 Å². The zero-order chi connectivity index (χ0) is 9.03. The Labute approximate surface area is 75.2 Å². The summed E-state index contributed by atoms with van der Waals surface area (Å²) in [4.78, 5) is 0. The fraction of sp³-hybridized carbons (Fsp3) is 1.00. The first-order valence-corrected chi connectivity index (χ1v) is 5.15. The van der Waals surface area contributed by atoms with E-state index in [1.807, 2.05) is 13.8 Å². The second-order valence-corrected chi connectivity index (χ2v) is 3.15. The van der Waals surface area contributed by atoms with E-state index in [9.17, 15) is 0 Å². The molecule has 1 saturated carbocycles. The van der Waals surface area contributed by atoms with Crippen molar-refractivity contribution in [3.8, 4) is 0 Å². The van der Waals surface area contributed by atoms with Gasteiger partial charge in [-0.25, -0.2) is 0 Å². The molecule has 0 aromatic rings. The topological polar surface area (TPSA) is 18.5 Å². The lowest BCUT2D eigenvalue weighted by Crippen LogP contribution is -2.47. The van der Waals surface area contributed by atoms with Gasteiger partial charge >= 0.3 is 0 Å². The summed E-state index contributed by atoms with van der Waals surface area (Å²) in [5, 5.41) is 0. The van der Waals surface area contributed by atoms with Crippen LogP contribution in [0.3, 0.4) is 0 Å². The van der Waals surface area contributed by atoms with E-state index in [1.165, 1.54) is 12.8 Å². The van der Waals surface area contributed by atoms with Crippen molar-refractivity contribution >= 4 is 0 Å². The quantitative estimate of drug-likeness (QED) is 0.605. The Balaban J connectivity index is 0.000000336. The molecule has 1 unspecified atom stereocenters. The average molecular weight is 172 g/mol. The number of rotatable bonds is 1. The van der Waals surface area contributed by atoms with E-state index in [-0.39, 0.29) is 5.79 Å². The van der Waals surface area contributed by atoms with Crippen molar-refractivity contribution < 1.29 is 9.47 Å². The first-order valence-electron chi connectivity index (χ1n) is 5.15. The first-order chi connectivity index (χ1) is 5.87. The molecule has 0 N–H and O–H groups in total. The molecule has 0 aromatic carbocycles. The summed E-state index contributed by atoms with van der Waals surface area (Å²) >= 11 is 0. The van der Waals surface area contributed by atoms with Gasteiger partial charge in [0, 0.05) is 12.3 Å². The number of hydrogen-bond donors (Lipinski definition) is 0. The van der Waals surface area contributed by atoms with Gasteiger partial charge in [0.15, 0.2) is 5.79 Å². The molecule has 72 valence electrons. The Morgan fingerprint density at radius 1 is 1.25 bits per heavy atom. The number of ether oxygens (including phenoxy) is 2. The Morgan fingerprint density at radius 3 is 2.17 bits per heavy atom. The maximum Gasteiger partial charge on any atom is 0.171 e. The highest BCUT2D eigenvalue weighted by atomic mass is 16.7. The molecule has 1 spiro atoms. The molecule has 2 nitrogen and oxygen atoms in total. The van der Waals surface area contributed by atoms with E-state index >= 15 is 0 Å². The lowest BCUT2D eigenvalue weighted by atomic mass is 9.76. The van der Waals surface area contributed by atoms with Crippen molar-refractivity contribution in [2.24, 2.45) is 5.92 Å². The van der Waals surface area contributed by atoms with Crippen LogP contribution in [0.25, 0.3) is 0 Å². The molecule has 0 amide bonds. The first kappa shape index (κ1) is 10.0. The van der Waals surface area contributed by atoms with Crippen molar-refractivity contribution in [3.63, 3.8) is 0 Å². The summed E-state index contributed by atoms with van der Waals surface area (Å²) in [6.07, 6.45) is 3.60. The highest BCUT2D eigenvalue weighted by molar-refractivity contribution is 4.91. The smallest absolute Gasteiger partial charge is 0.171 e. The fourth-order valence-corrected chi connectivity index (χ4v) is 1.95. The third-order valence-electron chi connectivity index (χ3n) is 2.73. The van der Waals surface area contributed by atoms with E-state index in [0.29, 0.717) is 5.92 Å². The zero-order valence-electron chi connectivity index (χ0n) is 8.43. The highest BCUT2D eigenvalue weighted by Crippen LogP contribution is 2.46. The number of hydrogen-bond acceptors (Lipinski definition) is 2. The monoisotopic (exact) mass is 172 g/mol. The minimum Gasteiger partial charge on any atom is -0.347 e. The third-order valence-corrected chi connectivity index (χ3v) is 2.73. The summed E-state index contributed by atoms with van der Waals surface area (Å²) in [7, 11) is 0. The van der Waals surface area contributed by atoms with Crippen LogP contribution in [0.1, 0.15) is 40.0 Å². The molecule has 1 aliphatic heterocycles. The summed E-state index contributed by atoms with van der Waals surface area (Å²) in [5.74, 6) is 0.560. The van der Waals surface area contributed by atoms with Crippen molar-refractivity contribution in [1.29, 1.82) is 0 Å². The van der Waals surface area contributed by atoms with Crippen molar-refractivity contribution in [3.05, 3.63) is 0 Å². The molecule has 1 aliphatic carbocycles. The molecule has 0 aromatic heterocycles. The normalized spacial score (nSPS) is 30.8. The van der Waals surface area contributed by atoms with Crippen LogP contribution in [0.5, 0.6) is 0 Å². The van der Waals surface area contributed by atoms with Gasteiger partial charge < -0.3 is 9.47 Å². The molecule has 1 atom stereocenters. The van der Waals surface area contributed by atoms with Crippen LogP contribution in [0.4, 0.5) is 0 Å². The largest absolute Gasteiger partial charge is 0.347 e.